The number of hydrogen-bond acceptors (Lipinski definition) is 4. The van der Waals surface area contributed by atoms with Gasteiger partial charge in [-0.2, -0.15) is 0 Å². The van der Waals surface area contributed by atoms with Crippen molar-refractivity contribution in [3.63, 3.8) is 0 Å². The van der Waals surface area contributed by atoms with E-state index >= 15 is 0 Å². The molecule has 150 valence electrons. The zero-order valence-corrected chi connectivity index (χ0v) is 16.4. The quantitative estimate of drug-likeness (QED) is 0.295. The number of aromatic nitrogens is 2. The Labute approximate surface area is 175 Å². The van der Waals surface area contributed by atoms with Gasteiger partial charge in [0.25, 0.3) is 0 Å². The number of H-pyrrole nitrogens is 1. The number of imidazole rings is 1. The largest absolute Gasteiger partial charge is 0.465 e. The summed E-state index contributed by atoms with van der Waals surface area (Å²) in [6.07, 6.45) is -1.17. The van der Waals surface area contributed by atoms with Crippen molar-refractivity contribution >= 4 is 52.2 Å². The van der Waals surface area contributed by atoms with Gasteiger partial charge in [-0.15, -0.1) is 0 Å². The molecular weight excluding hydrogens is 402 g/mol. The van der Waals surface area contributed by atoms with Crippen LogP contribution in [0.15, 0.2) is 82.6 Å². The van der Waals surface area contributed by atoms with Crippen molar-refractivity contribution in [2.45, 2.75) is 9.79 Å². The van der Waals surface area contributed by atoms with Gasteiger partial charge in [0, 0.05) is 21.2 Å². The Morgan fingerprint density at radius 2 is 1.50 bits per heavy atom. The molecule has 9 heteroatoms. The number of aromatic amines is 1. The number of amides is 3. The highest BCUT2D eigenvalue weighted by atomic mass is 32.2. The van der Waals surface area contributed by atoms with Crippen LogP contribution in [0.5, 0.6) is 0 Å². The predicted molar refractivity (Wildman–Crippen MR) is 117 cm³/mol. The number of carbonyl (C=O) groups is 2. The summed E-state index contributed by atoms with van der Waals surface area (Å²) in [5.41, 5.74) is 2.81. The lowest BCUT2D eigenvalue weighted by Gasteiger charge is -2.08. The summed E-state index contributed by atoms with van der Waals surface area (Å²) in [5, 5.41) is 16.6. The van der Waals surface area contributed by atoms with Crippen molar-refractivity contribution in [2.75, 3.05) is 16.0 Å². The molecule has 0 unspecified atom stereocenters. The highest BCUT2D eigenvalue weighted by Gasteiger charge is 2.07. The second-order valence-electron chi connectivity index (χ2n) is 6.27. The number of nitrogens with zero attached hydrogens (tertiary/aromatic N) is 1. The number of rotatable bonds is 5. The summed E-state index contributed by atoms with van der Waals surface area (Å²) >= 11 is 1.54. The normalized spacial score (nSPS) is 10.5. The van der Waals surface area contributed by atoms with Crippen LogP contribution in [0.25, 0.3) is 11.0 Å². The Bertz CT molecular complexity index is 1190. The molecule has 0 saturated heterocycles. The number of anilines is 3. The summed E-state index contributed by atoms with van der Waals surface area (Å²) in [6, 6.07) is 22.0. The maximum absolute atomic E-state index is 12.1. The van der Waals surface area contributed by atoms with Crippen LogP contribution >= 0.6 is 11.8 Å². The Balaban J connectivity index is 1.39. The molecule has 4 rings (SSSR count). The number of carboxylic acid groups (broad SMARTS) is 1. The van der Waals surface area contributed by atoms with Gasteiger partial charge in [0.05, 0.1) is 11.0 Å². The van der Waals surface area contributed by atoms with Gasteiger partial charge in [0.1, 0.15) is 0 Å². The fourth-order valence-corrected chi connectivity index (χ4v) is 3.63. The van der Waals surface area contributed by atoms with Gasteiger partial charge in [-0.25, -0.2) is 14.6 Å². The number of hydrogen-bond donors (Lipinski definition) is 5. The molecule has 0 saturated carbocycles. The number of benzene rings is 3. The second kappa shape index (κ2) is 8.58. The molecule has 0 bridgehead atoms. The van der Waals surface area contributed by atoms with Crippen molar-refractivity contribution < 1.29 is 14.7 Å². The maximum Gasteiger partial charge on any atom is 0.411 e. The van der Waals surface area contributed by atoms with Gasteiger partial charge in [-0.05, 0) is 54.6 Å². The number of fused-ring (bicyclic) bond motifs is 1. The summed E-state index contributed by atoms with van der Waals surface area (Å²) in [5.74, 6) is 0.184. The lowest BCUT2D eigenvalue weighted by molar-refractivity contribution is 0.209. The molecule has 0 atom stereocenters. The van der Waals surface area contributed by atoms with Gasteiger partial charge in [0.2, 0.25) is 5.95 Å². The zero-order chi connectivity index (χ0) is 20.9. The molecule has 1 aromatic heterocycles. The number of para-hydroxylation sites is 1. The minimum absolute atomic E-state index is 0.184. The van der Waals surface area contributed by atoms with Gasteiger partial charge < -0.3 is 20.7 Å². The maximum atomic E-state index is 12.1. The van der Waals surface area contributed by atoms with Gasteiger partial charge >= 0.3 is 12.1 Å². The Hall–Kier alpha value is -3.98. The highest BCUT2D eigenvalue weighted by molar-refractivity contribution is 7.99. The van der Waals surface area contributed by atoms with Crippen molar-refractivity contribution in [1.82, 2.24) is 9.97 Å². The van der Waals surface area contributed by atoms with E-state index in [2.05, 4.69) is 25.9 Å². The Kier molecular flexibility index (Phi) is 5.53. The lowest BCUT2D eigenvalue weighted by Crippen LogP contribution is -2.19. The fourth-order valence-electron chi connectivity index (χ4n) is 2.77. The zero-order valence-electron chi connectivity index (χ0n) is 15.5. The Morgan fingerprint density at radius 3 is 2.20 bits per heavy atom. The predicted octanol–water partition coefficient (Wildman–Crippen LogP) is 5.45. The smallest absolute Gasteiger partial charge is 0.411 e. The monoisotopic (exact) mass is 419 g/mol. The Morgan fingerprint density at radius 1 is 0.833 bits per heavy atom. The molecule has 0 aliphatic heterocycles. The van der Waals surface area contributed by atoms with Crippen LogP contribution < -0.4 is 16.0 Å². The first-order valence-electron chi connectivity index (χ1n) is 8.96. The number of nitrogens with one attached hydrogen (secondary N) is 4. The molecule has 3 aromatic carbocycles. The molecule has 4 aromatic rings. The first-order chi connectivity index (χ1) is 14.5. The van der Waals surface area contributed by atoms with Crippen LogP contribution in [0.3, 0.4) is 0 Å². The third-order valence-electron chi connectivity index (χ3n) is 4.06. The summed E-state index contributed by atoms with van der Waals surface area (Å²) < 4.78 is 0. The molecule has 0 spiro atoms. The summed E-state index contributed by atoms with van der Waals surface area (Å²) in [4.78, 5) is 31.9. The van der Waals surface area contributed by atoms with Crippen LogP contribution in [0.4, 0.5) is 26.9 Å². The minimum atomic E-state index is -1.17. The van der Waals surface area contributed by atoms with Gasteiger partial charge in [-0.3, -0.25) is 5.32 Å². The SMILES string of the molecule is O=C(O)Nc1nc2ccc(Sc3ccc(NC(=O)Nc4ccccc4)cc3)cc2[nH]1. The average Bonchev–Trinajstić information content (AvgIpc) is 3.11. The van der Waals surface area contributed by atoms with E-state index in [0.717, 1.165) is 21.0 Å². The van der Waals surface area contributed by atoms with E-state index in [1.807, 2.05) is 72.8 Å². The molecule has 0 radical (unpaired) electrons. The third-order valence-corrected chi connectivity index (χ3v) is 5.06. The van der Waals surface area contributed by atoms with Crippen molar-refractivity contribution in [3.05, 3.63) is 72.8 Å². The van der Waals surface area contributed by atoms with Gasteiger partial charge in [-0.1, -0.05) is 30.0 Å². The van der Waals surface area contributed by atoms with Crippen LogP contribution in [0, 0.1) is 0 Å². The minimum Gasteiger partial charge on any atom is -0.465 e. The molecule has 1 heterocycles. The molecule has 5 N–H and O–H groups in total. The van der Waals surface area contributed by atoms with Crippen LogP contribution in [0.2, 0.25) is 0 Å². The topological polar surface area (TPSA) is 119 Å². The van der Waals surface area contributed by atoms with Crippen molar-refractivity contribution in [1.29, 1.82) is 0 Å². The molecule has 8 nitrogen and oxygen atoms in total. The van der Waals surface area contributed by atoms with E-state index < -0.39 is 6.09 Å². The molecule has 0 fully saturated rings. The first-order valence-corrected chi connectivity index (χ1v) is 9.77. The van der Waals surface area contributed by atoms with E-state index in [0.29, 0.717) is 11.2 Å². The van der Waals surface area contributed by atoms with Crippen LogP contribution in [-0.2, 0) is 0 Å². The number of urea groups is 1. The van der Waals surface area contributed by atoms with Crippen molar-refractivity contribution in [3.8, 4) is 0 Å². The molecule has 0 aliphatic carbocycles. The van der Waals surface area contributed by atoms with Crippen LogP contribution in [0.1, 0.15) is 0 Å². The summed E-state index contributed by atoms with van der Waals surface area (Å²) in [6.45, 7) is 0. The van der Waals surface area contributed by atoms with E-state index in [1.165, 1.54) is 0 Å². The molecule has 30 heavy (non-hydrogen) atoms. The van der Waals surface area contributed by atoms with E-state index in [4.69, 9.17) is 5.11 Å². The van der Waals surface area contributed by atoms with Crippen LogP contribution in [-0.4, -0.2) is 27.2 Å². The van der Waals surface area contributed by atoms with Crippen molar-refractivity contribution in [2.24, 2.45) is 0 Å². The average molecular weight is 419 g/mol. The van der Waals surface area contributed by atoms with E-state index in [1.54, 1.807) is 11.8 Å². The standard InChI is InChI=1S/C21H17N5O3S/c27-20(22-13-4-2-1-3-5-13)23-14-6-8-15(9-7-14)30-16-10-11-17-18(12-16)25-19(24-17)26-21(28)29/h1-12H,(H,28,29)(H2,22,23,27)(H2,24,25,26). The summed E-state index contributed by atoms with van der Waals surface area (Å²) in [7, 11) is 0. The fraction of sp³-hybridized carbons (Fsp3) is 0. The molecular formula is C21H17N5O3S. The lowest BCUT2D eigenvalue weighted by atomic mass is 10.3. The first kappa shape index (κ1) is 19.3. The molecule has 0 aliphatic rings. The molecule has 3 amide bonds. The third kappa shape index (κ3) is 4.89. The van der Waals surface area contributed by atoms with Gasteiger partial charge in [0.15, 0.2) is 0 Å². The number of carbonyl (C=O) groups excluding carboxylic acids is 1. The van der Waals surface area contributed by atoms with E-state index in [-0.39, 0.29) is 12.0 Å². The van der Waals surface area contributed by atoms with E-state index in [9.17, 15) is 9.59 Å². The highest BCUT2D eigenvalue weighted by Crippen LogP contribution is 2.30. The second-order valence-corrected chi connectivity index (χ2v) is 7.41.